The summed E-state index contributed by atoms with van der Waals surface area (Å²) < 4.78 is 27.4. The van der Waals surface area contributed by atoms with Gasteiger partial charge in [0.05, 0.1) is 0 Å². The number of nitrogens with zero attached hydrogens (tertiary/aromatic N) is 2. The van der Waals surface area contributed by atoms with E-state index in [1.54, 1.807) is 0 Å². The highest BCUT2D eigenvalue weighted by Gasteiger charge is 2.14. The maximum absolute atomic E-state index is 9.77. The second-order valence-corrected chi connectivity index (χ2v) is 2.52. The molecule has 44 valence electrons. The largest absolute Gasteiger partial charge is 0.469 e. The van der Waals surface area contributed by atoms with Crippen molar-refractivity contribution in [2.24, 2.45) is 0 Å². The first-order valence-corrected chi connectivity index (χ1v) is 3.30. The molecule has 1 N–H and O–H groups in total. The van der Waals surface area contributed by atoms with Crippen LogP contribution < -0.4 is 0 Å². The van der Waals surface area contributed by atoms with Crippen LogP contribution in [0.1, 0.15) is 0 Å². The van der Waals surface area contributed by atoms with Crippen molar-refractivity contribution in [1.82, 2.24) is 0 Å². The standard InChI is InChI=1S/CHN2O3PS/c2-3-1(7-4)8(5)6/h(H,5,6). The van der Waals surface area contributed by atoms with Gasteiger partial charge in [-0.2, -0.15) is 0 Å². The average molecular weight is 152 g/mol. The van der Waals surface area contributed by atoms with Crippen molar-refractivity contribution in [2.75, 3.05) is 0 Å². The van der Waals surface area contributed by atoms with Crippen LogP contribution in [-0.2, 0) is 15.6 Å². The summed E-state index contributed by atoms with van der Waals surface area (Å²) in [6, 6.07) is 0. The molecule has 0 saturated heterocycles. The molecule has 0 aromatic heterocycles. The highest BCUT2D eigenvalue weighted by molar-refractivity contribution is 8.06. The van der Waals surface area contributed by atoms with Crippen molar-refractivity contribution >= 4 is 24.3 Å². The SMILES string of the molecule is [N-]=[N+]=C(P=O)S(=O)O. The minimum atomic E-state index is -2.43. The van der Waals surface area contributed by atoms with Gasteiger partial charge in [-0.25, -0.2) is 4.21 Å². The van der Waals surface area contributed by atoms with Gasteiger partial charge in [-0.15, -0.1) is 4.79 Å². The maximum Gasteiger partial charge on any atom is 0.469 e. The van der Waals surface area contributed by atoms with Crippen molar-refractivity contribution < 1.29 is 18.1 Å². The highest BCUT2D eigenvalue weighted by Crippen LogP contribution is 1.95. The fraction of sp³-hybridized carbons (Fsp3) is 0. The molecule has 0 bridgehead atoms. The van der Waals surface area contributed by atoms with E-state index < -0.39 is 24.3 Å². The van der Waals surface area contributed by atoms with Gasteiger partial charge in [0.15, 0.2) is 0 Å². The van der Waals surface area contributed by atoms with Crippen molar-refractivity contribution in [2.45, 2.75) is 0 Å². The molecule has 0 spiro atoms. The van der Waals surface area contributed by atoms with E-state index in [-0.39, 0.29) is 0 Å². The summed E-state index contributed by atoms with van der Waals surface area (Å²) in [4.78, 5) is 1.56. The Kier molecular flexibility index (Phi) is 3.39. The molecule has 0 amide bonds. The maximum atomic E-state index is 9.77. The molecule has 1 atom stereocenters. The lowest BCUT2D eigenvalue weighted by atomic mass is 11.7. The molecule has 0 aromatic rings. The van der Waals surface area contributed by atoms with E-state index >= 15 is 0 Å². The first-order valence-electron chi connectivity index (χ1n) is 1.38. The molecular formula is CHN2O3PS. The normalized spacial score (nSPS) is 12.6. The molecule has 0 radical (unpaired) electrons. The lowest BCUT2D eigenvalue weighted by Gasteiger charge is -1.68. The van der Waals surface area contributed by atoms with Gasteiger partial charge in [0.25, 0.3) is 19.5 Å². The molecule has 7 heteroatoms. The zero-order valence-corrected chi connectivity index (χ0v) is 5.22. The van der Waals surface area contributed by atoms with Crippen molar-refractivity contribution in [3.8, 4) is 0 Å². The Bertz CT molecular complexity index is 172. The van der Waals surface area contributed by atoms with Crippen LogP contribution in [-0.4, -0.2) is 18.3 Å². The van der Waals surface area contributed by atoms with Crippen LogP contribution in [0.2, 0.25) is 0 Å². The first kappa shape index (κ1) is 7.59. The summed E-state index contributed by atoms with van der Waals surface area (Å²) in [5.74, 6) is 0. The summed E-state index contributed by atoms with van der Waals surface area (Å²) in [6.45, 7) is 0. The van der Waals surface area contributed by atoms with E-state index in [1.165, 1.54) is 0 Å². The summed E-state index contributed by atoms with van der Waals surface area (Å²) in [6.07, 6.45) is 0. The molecule has 0 aromatic carbocycles. The van der Waals surface area contributed by atoms with Crippen LogP contribution >= 0.6 is 8.46 Å². The molecule has 0 fully saturated rings. The predicted octanol–water partition coefficient (Wildman–Crippen LogP) is 0.0856. The van der Waals surface area contributed by atoms with E-state index in [0.29, 0.717) is 0 Å². The Balaban J connectivity index is 4.37. The molecule has 0 saturated carbocycles. The van der Waals surface area contributed by atoms with Gasteiger partial charge < -0.3 is 5.53 Å². The third-order valence-electron chi connectivity index (χ3n) is 0.320. The van der Waals surface area contributed by atoms with Crippen LogP contribution in [0, 0.1) is 0 Å². The van der Waals surface area contributed by atoms with Crippen molar-refractivity contribution in [3.63, 3.8) is 0 Å². The molecule has 0 aliphatic carbocycles. The Hall–Kier alpha value is -0.410. The van der Waals surface area contributed by atoms with E-state index in [4.69, 9.17) is 10.1 Å². The lowest BCUT2D eigenvalue weighted by Crippen LogP contribution is -1.97. The first-order chi connectivity index (χ1) is 3.72. The van der Waals surface area contributed by atoms with Gasteiger partial charge in [0, 0.05) is 0 Å². The molecular weight excluding hydrogens is 151 g/mol. The topological polar surface area (TPSA) is 90.8 Å². The zero-order chi connectivity index (χ0) is 6.57. The smallest absolute Gasteiger partial charge is 0.359 e. The second-order valence-electron chi connectivity index (χ2n) is 0.723. The molecule has 0 rings (SSSR count). The summed E-state index contributed by atoms with van der Waals surface area (Å²) in [7, 11) is -0.747. The Labute approximate surface area is 48.8 Å². The number of rotatable bonds is 1. The number of hydrogen-bond donors (Lipinski definition) is 1. The van der Waals surface area contributed by atoms with Crippen molar-refractivity contribution in [3.05, 3.63) is 5.53 Å². The minimum absolute atomic E-state index is 0.690. The number of hydrogen-bond acceptors (Lipinski definition) is 2. The second kappa shape index (κ2) is 3.57. The van der Waals surface area contributed by atoms with Crippen LogP contribution in [0.5, 0.6) is 0 Å². The zero-order valence-electron chi connectivity index (χ0n) is 3.51. The Morgan fingerprint density at radius 1 is 1.88 bits per heavy atom. The van der Waals surface area contributed by atoms with E-state index in [0.717, 1.165) is 0 Å². The lowest BCUT2D eigenvalue weighted by molar-refractivity contribution is 0.00409. The van der Waals surface area contributed by atoms with Gasteiger partial charge in [0.1, 0.15) is 0 Å². The Morgan fingerprint density at radius 3 is 2.38 bits per heavy atom. The van der Waals surface area contributed by atoms with Gasteiger partial charge in [0.2, 0.25) is 0 Å². The summed E-state index contributed by atoms with van der Waals surface area (Å²) in [5.41, 5.74) is 7.72. The fourth-order valence-electron chi connectivity index (χ4n) is 0.0851. The van der Waals surface area contributed by atoms with E-state index in [2.05, 4.69) is 4.79 Å². The summed E-state index contributed by atoms with van der Waals surface area (Å²) in [5, 5.41) is 0. The van der Waals surface area contributed by atoms with Crippen molar-refractivity contribution in [1.29, 1.82) is 0 Å². The molecule has 0 aliphatic rings. The van der Waals surface area contributed by atoms with Gasteiger partial charge in [-0.1, -0.05) is 0 Å². The van der Waals surface area contributed by atoms with Crippen LogP contribution in [0.15, 0.2) is 0 Å². The third kappa shape index (κ3) is 2.04. The van der Waals surface area contributed by atoms with E-state index in [9.17, 15) is 8.77 Å². The molecule has 0 aliphatic heterocycles. The third-order valence-corrected chi connectivity index (χ3v) is 1.65. The fourth-order valence-corrected chi connectivity index (χ4v) is 0.446. The molecule has 0 heterocycles. The van der Waals surface area contributed by atoms with Gasteiger partial charge in [-0.05, 0) is 0 Å². The Morgan fingerprint density at radius 2 is 2.38 bits per heavy atom. The van der Waals surface area contributed by atoms with Crippen LogP contribution in [0.25, 0.3) is 5.53 Å². The summed E-state index contributed by atoms with van der Waals surface area (Å²) >= 11 is -2.43. The highest BCUT2D eigenvalue weighted by atomic mass is 32.2. The predicted molar refractivity (Wildman–Crippen MR) is 27.0 cm³/mol. The molecule has 8 heavy (non-hydrogen) atoms. The minimum Gasteiger partial charge on any atom is -0.359 e. The van der Waals surface area contributed by atoms with Gasteiger partial charge >= 0.3 is 4.78 Å². The van der Waals surface area contributed by atoms with Crippen LogP contribution in [0.4, 0.5) is 0 Å². The monoisotopic (exact) mass is 152 g/mol. The molecule has 5 nitrogen and oxygen atoms in total. The van der Waals surface area contributed by atoms with E-state index in [1.807, 2.05) is 0 Å². The van der Waals surface area contributed by atoms with Crippen LogP contribution in [0.3, 0.4) is 0 Å². The quantitative estimate of drug-likeness (QED) is 0.144. The van der Waals surface area contributed by atoms with Gasteiger partial charge in [-0.3, -0.25) is 9.12 Å². The molecule has 1 unspecified atom stereocenters. The average Bonchev–Trinajstić information content (AvgIpc) is 1.69.